The molecule has 1 aromatic heterocycles. The largest absolute Gasteiger partial charge is 0.383 e. The van der Waals surface area contributed by atoms with Crippen LogP contribution >= 0.6 is 23.5 Å². The molecule has 2 rings (SSSR count). The molecule has 7 heteroatoms. The highest BCUT2D eigenvalue weighted by atomic mass is 32.2. The number of benzene rings is 1. The van der Waals surface area contributed by atoms with Crippen molar-refractivity contribution in [2.45, 2.75) is 14.9 Å². The van der Waals surface area contributed by atoms with Crippen LogP contribution in [0.2, 0.25) is 0 Å². The average Bonchev–Trinajstić information content (AvgIpc) is 2.37. The Hall–Kier alpha value is -1.91. The van der Waals surface area contributed by atoms with Gasteiger partial charge in [0, 0.05) is 15.9 Å². The molecule has 0 unspecified atom stereocenters. The molecule has 0 aliphatic carbocycles. The molecule has 0 bridgehead atoms. The predicted octanol–water partition coefficient (Wildman–Crippen LogP) is 2.39. The number of rotatable bonds is 3. The van der Waals surface area contributed by atoms with Crippen LogP contribution in [0.4, 0.5) is 11.6 Å². The lowest BCUT2D eigenvalue weighted by Crippen LogP contribution is -1.99. The fourth-order valence-corrected chi connectivity index (χ4v) is 3.02. The molecule has 0 aliphatic heterocycles. The second-order valence-electron chi connectivity index (χ2n) is 3.55. The van der Waals surface area contributed by atoms with Crippen LogP contribution in [-0.4, -0.2) is 16.2 Å². The van der Waals surface area contributed by atoms with E-state index >= 15 is 0 Å². The molecule has 0 fully saturated rings. The number of nitriles is 1. The second kappa shape index (κ2) is 5.82. The number of aromatic nitrogens is 2. The Bertz CT molecular complexity index is 631. The van der Waals surface area contributed by atoms with E-state index in [1.165, 1.54) is 29.6 Å². The first-order valence-electron chi connectivity index (χ1n) is 5.29. The van der Waals surface area contributed by atoms with Crippen LogP contribution in [0.3, 0.4) is 0 Å². The van der Waals surface area contributed by atoms with Crippen molar-refractivity contribution in [3.63, 3.8) is 0 Å². The molecule has 0 atom stereocenters. The standard InChI is InChI=1S/C12H11N5S2/c1-18-8-3-2-4-9(7(8)6-13)19-12-16-10(14)5-11(15)17-12/h2-5H,1H3,(H4,14,15,16,17). The van der Waals surface area contributed by atoms with E-state index in [1.807, 2.05) is 24.5 Å². The van der Waals surface area contributed by atoms with E-state index < -0.39 is 0 Å². The van der Waals surface area contributed by atoms with Gasteiger partial charge in [-0.05, 0) is 30.2 Å². The zero-order chi connectivity index (χ0) is 13.8. The Morgan fingerprint density at radius 3 is 2.37 bits per heavy atom. The van der Waals surface area contributed by atoms with Gasteiger partial charge in [-0.15, -0.1) is 11.8 Å². The lowest BCUT2D eigenvalue weighted by atomic mass is 10.2. The molecule has 1 aromatic carbocycles. The highest BCUT2D eigenvalue weighted by Crippen LogP contribution is 2.33. The molecule has 4 N–H and O–H groups in total. The molecule has 96 valence electrons. The Morgan fingerprint density at radius 2 is 1.79 bits per heavy atom. The number of anilines is 2. The maximum absolute atomic E-state index is 9.25. The zero-order valence-corrected chi connectivity index (χ0v) is 11.8. The second-order valence-corrected chi connectivity index (χ2v) is 5.40. The summed E-state index contributed by atoms with van der Waals surface area (Å²) in [4.78, 5) is 9.90. The van der Waals surface area contributed by atoms with E-state index in [-0.39, 0.29) is 0 Å². The molecule has 0 amide bonds. The van der Waals surface area contributed by atoms with E-state index in [0.29, 0.717) is 22.4 Å². The third-order valence-electron chi connectivity index (χ3n) is 2.27. The van der Waals surface area contributed by atoms with E-state index in [9.17, 15) is 5.26 Å². The summed E-state index contributed by atoms with van der Waals surface area (Å²) in [6, 6.07) is 9.35. The van der Waals surface area contributed by atoms with Crippen LogP contribution in [0.25, 0.3) is 0 Å². The van der Waals surface area contributed by atoms with Crippen LogP contribution in [0.1, 0.15) is 5.56 Å². The maximum atomic E-state index is 9.25. The fourth-order valence-electron chi connectivity index (χ4n) is 1.48. The van der Waals surface area contributed by atoms with E-state index in [1.54, 1.807) is 0 Å². The van der Waals surface area contributed by atoms with Crippen LogP contribution in [0.15, 0.2) is 39.2 Å². The molecule has 1 heterocycles. The van der Waals surface area contributed by atoms with Crippen molar-refractivity contribution in [2.24, 2.45) is 0 Å². The summed E-state index contributed by atoms with van der Waals surface area (Å²) >= 11 is 2.80. The van der Waals surface area contributed by atoms with Crippen molar-refractivity contribution >= 4 is 35.2 Å². The van der Waals surface area contributed by atoms with Gasteiger partial charge in [0.1, 0.15) is 17.7 Å². The van der Waals surface area contributed by atoms with Gasteiger partial charge in [-0.25, -0.2) is 9.97 Å². The topological polar surface area (TPSA) is 102 Å². The Balaban J connectivity index is 2.41. The number of nitrogen functional groups attached to an aromatic ring is 2. The maximum Gasteiger partial charge on any atom is 0.196 e. The van der Waals surface area contributed by atoms with Gasteiger partial charge in [0.05, 0.1) is 5.56 Å². The molecule has 5 nitrogen and oxygen atoms in total. The summed E-state index contributed by atoms with van der Waals surface area (Å²) in [6.07, 6.45) is 1.93. The molecule has 0 saturated carbocycles. The lowest BCUT2D eigenvalue weighted by Gasteiger charge is -2.07. The van der Waals surface area contributed by atoms with E-state index in [0.717, 1.165) is 9.79 Å². The molecule has 0 spiro atoms. The molecule has 0 aliphatic rings. The average molecular weight is 289 g/mol. The Labute approximate surface area is 119 Å². The van der Waals surface area contributed by atoms with Crippen molar-refractivity contribution in [1.29, 1.82) is 5.26 Å². The number of nitrogens with two attached hydrogens (primary N) is 2. The van der Waals surface area contributed by atoms with Crippen molar-refractivity contribution < 1.29 is 0 Å². The van der Waals surface area contributed by atoms with Crippen molar-refractivity contribution in [3.05, 3.63) is 29.8 Å². The summed E-state index contributed by atoms with van der Waals surface area (Å²) in [5.41, 5.74) is 11.9. The van der Waals surface area contributed by atoms with Gasteiger partial charge in [0.15, 0.2) is 5.16 Å². The number of nitrogens with zero attached hydrogens (tertiary/aromatic N) is 3. The number of thioether (sulfide) groups is 1. The zero-order valence-electron chi connectivity index (χ0n) is 10.1. The Morgan fingerprint density at radius 1 is 1.16 bits per heavy atom. The quantitative estimate of drug-likeness (QED) is 0.660. The van der Waals surface area contributed by atoms with Crippen LogP contribution < -0.4 is 11.5 Å². The normalized spacial score (nSPS) is 10.1. The minimum atomic E-state index is 0.314. The molecule has 19 heavy (non-hydrogen) atoms. The highest BCUT2D eigenvalue weighted by Gasteiger charge is 2.11. The first-order chi connectivity index (χ1) is 9.13. The summed E-state index contributed by atoms with van der Waals surface area (Å²) in [5, 5.41) is 9.69. The first-order valence-corrected chi connectivity index (χ1v) is 7.33. The van der Waals surface area contributed by atoms with Crippen molar-refractivity contribution in [1.82, 2.24) is 9.97 Å². The van der Waals surface area contributed by atoms with Crippen molar-refractivity contribution in [3.8, 4) is 6.07 Å². The molecular formula is C12H11N5S2. The summed E-state index contributed by atoms with van der Waals surface area (Å²) in [5.74, 6) is 0.629. The number of hydrogen-bond donors (Lipinski definition) is 2. The predicted molar refractivity (Wildman–Crippen MR) is 77.9 cm³/mol. The van der Waals surface area contributed by atoms with Crippen LogP contribution in [0.5, 0.6) is 0 Å². The third-order valence-corrected chi connectivity index (χ3v) is 3.97. The fraction of sp³-hybridized carbons (Fsp3) is 0.0833. The first kappa shape index (κ1) is 13.5. The minimum absolute atomic E-state index is 0.314. The molecule has 0 saturated heterocycles. The molecule has 2 aromatic rings. The van der Waals surface area contributed by atoms with Gasteiger partial charge in [0.25, 0.3) is 0 Å². The summed E-state index contributed by atoms with van der Waals surface area (Å²) in [6.45, 7) is 0. The van der Waals surface area contributed by atoms with Crippen LogP contribution in [0, 0.1) is 11.3 Å². The van der Waals surface area contributed by atoms with E-state index in [2.05, 4.69) is 16.0 Å². The minimum Gasteiger partial charge on any atom is -0.383 e. The Kier molecular flexibility index (Phi) is 4.14. The highest BCUT2D eigenvalue weighted by molar-refractivity contribution is 7.99. The van der Waals surface area contributed by atoms with Gasteiger partial charge in [-0.2, -0.15) is 5.26 Å². The lowest BCUT2D eigenvalue weighted by molar-refractivity contribution is 0.983. The summed E-state index contributed by atoms with van der Waals surface area (Å²) in [7, 11) is 0. The monoisotopic (exact) mass is 289 g/mol. The molecular weight excluding hydrogens is 278 g/mol. The SMILES string of the molecule is CSc1cccc(Sc2nc(N)cc(N)n2)c1C#N. The van der Waals surface area contributed by atoms with Gasteiger partial charge >= 0.3 is 0 Å². The number of hydrogen-bond acceptors (Lipinski definition) is 7. The van der Waals surface area contributed by atoms with E-state index in [4.69, 9.17) is 11.5 Å². The third kappa shape index (κ3) is 3.10. The summed E-state index contributed by atoms with van der Waals surface area (Å²) < 4.78 is 0. The van der Waals surface area contributed by atoms with Crippen molar-refractivity contribution in [2.75, 3.05) is 17.7 Å². The smallest absolute Gasteiger partial charge is 0.196 e. The molecule has 0 radical (unpaired) electrons. The van der Waals surface area contributed by atoms with Gasteiger partial charge in [0.2, 0.25) is 0 Å². The van der Waals surface area contributed by atoms with Gasteiger partial charge in [-0.3, -0.25) is 0 Å². The van der Waals surface area contributed by atoms with Gasteiger partial charge in [-0.1, -0.05) is 6.07 Å². The van der Waals surface area contributed by atoms with Gasteiger partial charge < -0.3 is 11.5 Å². The van der Waals surface area contributed by atoms with Crippen LogP contribution in [-0.2, 0) is 0 Å².